The van der Waals surface area contributed by atoms with Gasteiger partial charge in [0, 0.05) is 6.04 Å². The van der Waals surface area contributed by atoms with Crippen molar-refractivity contribution in [1.82, 2.24) is 5.32 Å². The van der Waals surface area contributed by atoms with Gasteiger partial charge in [0.15, 0.2) is 6.10 Å². The number of aryl methyl sites for hydroxylation is 2. The maximum absolute atomic E-state index is 12.6. The molecule has 0 heterocycles. The van der Waals surface area contributed by atoms with Crippen LogP contribution in [0.5, 0.6) is 5.75 Å². The maximum atomic E-state index is 12.6. The fraction of sp³-hybridized carbons (Fsp3) is 0.632. The Kier molecular flexibility index (Phi) is 4.42. The number of hydrogen-bond donors (Lipinski definition) is 1. The minimum absolute atomic E-state index is 0.0564. The molecule has 2 aliphatic rings. The molecule has 0 saturated heterocycles. The molecule has 2 aliphatic carbocycles. The van der Waals surface area contributed by atoms with Crippen LogP contribution in [0.25, 0.3) is 0 Å². The summed E-state index contributed by atoms with van der Waals surface area (Å²) >= 11 is 0. The number of fused-ring (bicyclic) bond motifs is 2. The van der Waals surface area contributed by atoms with Crippen molar-refractivity contribution < 1.29 is 9.53 Å². The van der Waals surface area contributed by atoms with Crippen LogP contribution < -0.4 is 10.1 Å². The van der Waals surface area contributed by atoms with E-state index in [1.165, 1.54) is 19.3 Å². The Bertz CT molecular complexity index is 554. The van der Waals surface area contributed by atoms with E-state index in [1.807, 2.05) is 32.9 Å². The fourth-order valence-corrected chi connectivity index (χ4v) is 4.01. The third-order valence-electron chi connectivity index (χ3n) is 5.34. The molecule has 2 fully saturated rings. The summed E-state index contributed by atoms with van der Waals surface area (Å²) in [6.45, 7) is 6.08. The lowest BCUT2D eigenvalue weighted by Crippen LogP contribution is -2.45. The van der Waals surface area contributed by atoms with Gasteiger partial charge in [-0.2, -0.15) is 0 Å². The molecule has 4 atom stereocenters. The van der Waals surface area contributed by atoms with Crippen molar-refractivity contribution in [3.8, 4) is 5.75 Å². The fourth-order valence-electron chi connectivity index (χ4n) is 4.01. The average molecular weight is 301 g/mol. The molecule has 3 rings (SSSR count). The van der Waals surface area contributed by atoms with Gasteiger partial charge in [0.1, 0.15) is 5.75 Å². The van der Waals surface area contributed by atoms with Crippen molar-refractivity contribution >= 4 is 5.91 Å². The second-order valence-corrected chi connectivity index (χ2v) is 7.07. The second-order valence-electron chi connectivity index (χ2n) is 7.07. The van der Waals surface area contributed by atoms with E-state index in [0.29, 0.717) is 18.4 Å². The first-order chi connectivity index (χ1) is 10.6. The van der Waals surface area contributed by atoms with E-state index in [-0.39, 0.29) is 12.0 Å². The van der Waals surface area contributed by atoms with Gasteiger partial charge in [0.05, 0.1) is 0 Å². The van der Waals surface area contributed by atoms with Crippen molar-refractivity contribution in [3.05, 3.63) is 29.3 Å². The maximum Gasteiger partial charge on any atom is 0.261 e. The lowest BCUT2D eigenvalue weighted by molar-refractivity contribution is -0.129. The molecule has 22 heavy (non-hydrogen) atoms. The molecule has 1 aromatic carbocycles. The Hall–Kier alpha value is -1.51. The Morgan fingerprint density at radius 2 is 2.14 bits per heavy atom. The summed E-state index contributed by atoms with van der Waals surface area (Å²) in [5.74, 6) is 2.43. The van der Waals surface area contributed by atoms with Crippen LogP contribution in [0.4, 0.5) is 0 Å². The van der Waals surface area contributed by atoms with Crippen LogP contribution in [0.1, 0.15) is 50.2 Å². The van der Waals surface area contributed by atoms with Gasteiger partial charge in [-0.1, -0.05) is 25.5 Å². The van der Waals surface area contributed by atoms with Crippen LogP contribution in [0.2, 0.25) is 0 Å². The van der Waals surface area contributed by atoms with Crippen molar-refractivity contribution in [2.45, 2.75) is 65.0 Å². The number of benzene rings is 1. The van der Waals surface area contributed by atoms with Crippen LogP contribution in [0.15, 0.2) is 18.2 Å². The summed E-state index contributed by atoms with van der Waals surface area (Å²) in [5.41, 5.74) is 2.24. The van der Waals surface area contributed by atoms with E-state index >= 15 is 0 Å². The number of carbonyl (C=O) groups excluding carboxylic acids is 1. The molecule has 1 amide bonds. The Morgan fingerprint density at radius 1 is 1.32 bits per heavy atom. The number of nitrogens with one attached hydrogen (secondary N) is 1. The molecular formula is C19H27NO2. The predicted molar refractivity (Wildman–Crippen MR) is 88.0 cm³/mol. The standard InChI is InChI=1S/C19H27NO2/c1-4-17(22-18-9-12(2)5-6-13(18)3)19(21)20-16-11-14-7-8-15(16)10-14/h5-6,9,14-17H,4,7-8,10-11H2,1-3H3,(H,20,21)/t14-,15-,16-,17-/m1/s1. The first kappa shape index (κ1) is 15.4. The number of carbonyl (C=O) groups is 1. The SMILES string of the molecule is CC[C@@H](Oc1cc(C)ccc1C)C(=O)N[C@@H]1C[C@@H]2CC[C@@H]1C2. The third-order valence-corrected chi connectivity index (χ3v) is 5.34. The molecule has 2 bridgehead atoms. The highest BCUT2D eigenvalue weighted by molar-refractivity contribution is 5.81. The smallest absolute Gasteiger partial charge is 0.261 e. The van der Waals surface area contributed by atoms with Crippen LogP contribution in [-0.2, 0) is 4.79 Å². The highest BCUT2D eigenvalue weighted by atomic mass is 16.5. The molecule has 0 unspecified atom stereocenters. The lowest BCUT2D eigenvalue weighted by Gasteiger charge is -2.26. The van der Waals surface area contributed by atoms with Crippen LogP contribution >= 0.6 is 0 Å². The number of amides is 1. The van der Waals surface area contributed by atoms with E-state index in [9.17, 15) is 4.79 Å². The summed E-state index contributed by atoms with van der Waals surface area (Å²) in [6, 6.07) is 6.51. The van der Waals surface area contributed by atoms with E-state index in [0.717, 1.165) is 29.2 Å². The quantitative estimate of drug-likeness (QED) is 0.899. The Morgan fingerprint density at radius 3 is 2.77 bits per heavy atom. The van der Waals surface area contributed by atoms with Crippen LogP contribution in [0.3, 0.4) is 0 Å². The molecule has 3 heteroatoms. The van der Waals surface area contributed by atoms with E-state index < -0.39 is 0 Å². The molecule has 1 N–H and O–H groups in total. The molecule has 120 valence electrons. The van der Waals surface area contributed by atoms with Gasteiger partial charge >= 0.3 is 0 Å². The minimum atomic E-state index is -0.389. The van der Waals surface area contributed by atoms with Gasteiger partial charge in [-0.3, -0.25) is 4.79 Å². The van der Waals surface area contributed by atoms with Crippen LogP contribution in [0, 0.1) is 25.7 Å². The van der Waals surface area contributed by atoms with Crippen molar-refractivity contribution in [1.29, 1.82) is 0 Å². The van der Waals surface area contributed by atoms with E-state index in [4.69, 9.17) is 4.74 Å². The molecule has 0 aromatic heterocycles. The van der Waals surface area contributed by atoms with Crippen molar-refractivity contribution in [2.75, 3.05) is 0 Å². The zero-order valence-corrected chi connectivity index (χ0v) is 13.9. The van der Waals surface area contributed by atoms with E-state index in [1.54, 1.807) is 0 Å². The van der Waals surface area contributed by atoms with Crippen molar-refractivity contribution in [3.63, 3.8) is 0 Å². The molecular weight excluding hydrogens is 274 g/mol. The van der Waals surface area contributed by atoms with E-state index in [2.05, 4.69) is 11.4 Å². The zero-order valence-electron chi connectivity index (χ0n) is 13.9. The summed E-state index contributed by atoms with van der Waals surface area (Å²) < 4.78 is 6.02. The van der Waals surface area contributed by atoms with Gasteiger partial charge in [-0.15, -0.1) is 0 Å². The summed E-state index contributed by atoms with van der Waals surface area (Å²) in [6.07, 6.45) is 5.41. The largest absolute Gasteiger partial charge is 0.480 e. The molecule has 0 spiro atoms. The van der Waals surface area contributed by atoms with Crippen LogP contribution in [-0.4, -0.2) is 18.1 Å². The summed E-state index contributed by atoms with van der Waals surface area (Å²) in [7, 11) is 0. The monoisotopic (exact) mass is 301 g/mol. The number of hydrogen-bond acceptors (Lipinski definition) is 2. The average Bonchev–Trinajstić information content (AvgIpc) is 3.10. The molecule has 3 nitrogen and oxygen atoms in total. The Balaban J connectivity index is 1.63. The minimum Gasteiger partial charge on any atom is -0.480 e. The van der Waals surface area contributed by atoms with Gasteiger partial charge in [-0.05, 0) is 68.6 Å². The zero-order chi connectivity index (χ0) is 15.7. The van der Waals surface area contributed by atoms with Gasteiger partial charge in [0.25, 0.3) is 5.91 Å². The molecule has 0 radical (unpaired) electrons. The molecule has 0 aliphatic heterocycles. The van der Waals surface area contributed by atoms with Gasteiger partial charge in [0.2, 0.25) is 0 Å². The summed E-state index contributed by atoms with van der Waals surface area (Å²) in [4.78, 5) is 12.6. The second kappa shape index (κ2) is 6.31. The lowest BCUT2D eigenvalue weighted by atomic mass is 9.95. The third kappa shape index (κ3) is 3.13. The highest BCUT2D eigenvalue weighted by Crippen LogP contribution is 2.44. The van der Waals surface area contributed by atoms with Crippen molar-refractivity contribution in [2.24, 2.45) is 11.8 Å². The highest BCUT2D eigenvalue weighted by Gasteiger charge is 2.40. The number of ether oxygens (including phenoxy) is 1. The first-order valence-electron chi connectivity index (χ1n) is 8.61. The topological polar surface area (TPSA) is 38.3 Å². The predicted octanol–water partition coefficient (Wildman–Crippen LogP) is 3.77. The molecule has 1 aromatic rings. The van der Waals surface area contributed by atoms with Gasteiger partial charge < -0.3 is 10.1 Å². The summed E-state index contributed by atoms with van der Waals surface area (Å²) in [5, 5.41) is 3.25. The first-order valence-corrected chi connectivity index (χ1v) is 8.61. The van der Waals surface area contributed by atoms with Gasteiger partial charge in [-0.25, -0.2) is 0 Å². The Labute approximate surface area is 133 Å². The number of rotatable bonds is 5. The normalized spacial score (nSPS) is 27.7. The molecule has 2 saturated carbocycles.